The SMILES string of the molecule is CC1(Oc2ccc3[nH]nc(-c4cc(N5CCC(CN6CCN(CC7CCN(c8ccc9c(c8)C(=O)N(C8CCC(=O)NC8=O)C9=O)CC7)CC6)CC5)ncc4F)c3c2)CC1. The van der Waals surface area contributed by atoms with Gasteiger partial charge >= 0.3 is 0 Å². The predicted octanol–water partition coefficient (Wildman–Crippen LogP) is 4.85. The number of halogens is 1. The normalized spacial score (nSPS) is 23.1. The van der Waals surface area contributed by atoms with E-state index < -0.39 is 23.8 Å². The fraction of sp³-hybridized carbons (Fsp3) is 0.511. The van der Waals surface area contributed by atoms with Gasteiger partial charge in [0, 0.05) is 88.5 Å². The first-order valence-electron chi connectivity index (χ1n) is 21.7. The van der Waals surface area contributed by atoms with Gasteiger partial charge in [-0.1, -0.05) is 0 Å². The Labute approximate surface area is 348 Å². The number of anilines is 2. The lowest BCUT2D eigenvalue weighted by Crippen LogP contribution is -2.54. The van der Waals surface area contributed by atoms with Gasteiger partial charge in [-0.05, 0) is 106 Å². The van der Waals surface area contributed by atoms with Gasteiger partial charge in [0.05, 0.1) is 22.8 Å². The largest absolute Gasteiger partial charge is 0.488 e. The van der Waals surface area contributed by atoms with Crippen LogP contribution < -0.4 is 19.9 Å². The minimum atomic E-state index is -0.960. The number of piperidine rings is 3. The van der Waals surface area contributed by atoms with E-state index in [0.29, 0.717) is 34.2 Å². The summed E-state index contributed by atoms with van der Waals surface area (Å²) in [7, 11) is 0. The molecule has 5 aliphatic heterocycles. The number of carbonyl (C=O) groups is 4. The number of hydrogen-bond donors (Lipinski definition) is 2. The van der Waals surface area contributed by atoms with Crippen LogP contribution in [0.15, 0.2) is 48.7 Å². The highest BCUT2D eigenvalue weighted by atomic mass is 19.1. The number of carbonyl (C=O) groups excluding carboxylic acids is 4. The lowest BCUT2D eigenvalue weighted by atomic mass is 9.94. The molecule has 14 nitrogen and oxygen atoms in total. The van der Waals surface area contributed by atoms with E-state index in [0.717, 1.165) is 137 Å². The Kier molecular flexibility index (Phi) is 10.1. The molecule has 2 aromatic heterocycles. The smallest absolute Gasteiger partial charge is 0.262 e. The van der Waals surface area contributed by atoms with Crippen molar-refractivity contribution in [1.82, 2.24) is 35.2 Å². The minimum absolute atomic E-state index is 0.102. The van der Waals surface area contributed by atoms with Crippen LogP contribution in [0.2, 0.25) is 0 Å². The molecule has 0 bridgehead atoms. The monoisotopic (exact) mass is 817 g/mol. The minimum Gasteiger partial charge on any atom is -0.488 e. The number of ether oxygens (including phenoxy) is 1. The van der Waals surface area contributed by atoms with E-state index in [-0.39, 0.29) is 30.2 Å². The molecule has 314 valence electrons. The number of H-pyrrole nitrogens is 1. The van der Waals surface area contributed by atoms with Crippen LogP contribution in [0, 0.1) is 17.7 Å². The standard InChI is InChI=1S/C45H52FN9O5/c1-45(12-13-45)60-31-3-5-37-35(23-31)41(50-49-37)34-24-39(47-25-36(34)46)54-16-10-29(11-17-54)27-52-20-18-51(19-21-52)26-28-8-14-53(15-9-28)30-2-4-32-33(22-30)44(59)55(43(32)58)38-6-7-40(56)48-42(38)57/h2-5,22-25,28-29,38H,6-21,26-27H2,1H3,(H,49,50)(H,48,56,57). The first kappa shape index (κ1) is 38.8. The molecule has 10 rings (SSSR count). The van der Waals surface area contributed by atoms with E-state index in [1.807, 2.05) is 30.3 Å². The van der Waals surface area contributed by atoms with E-state index >= 15 is 4.39 Å². The molecule has 15 heteroatoms. The molecule has 1 aliphatic carbocycles. The number of aromatic amines is 1. The van der Waals surface area contributed by atoms with Gasteiger partial charge in [0.15, 0.2) is 5.82 Å². The third-order valence-electron chi connectivity index (χ3n) is 13.8. The number of aromatic nitrogens is 3. The molecule has 6 aliphatic rings. The van der Waals surface area contributed by atoms with Gasteiger partial charge in [-0.3, -0.25) is 34.5 Å². The molecule has 4 aromatic rings. The zero-order valence-corrected chi connectivity index (χ0v) is 34.1. The second-order valence-corrected chi connectivity index (χ2v) is 18.0. The molecule has 4 saturated heterocycles. The van der Waals surface area contributed by atoms with Crippen molar-refractivity contribution in [3.05, 3.63) is 65.6 Å². The maximum absolute atomic E-state index is 15.3. The molecule has 0 radical (unpaired) electrons. The fourth-order valence-electron chi connectivity index (χ4n) is 9.87. The summed E-state index contributed by atoms with van der Waals surface area (Å²) in [6, 6.07) is 12.1. The highest BCUT2D eigenvalue weighted by Gasteiger charge is 2.45. The Hall–Kier alpha value is -5.41. The van der Waals surface area contributed by atoms with E-state index in [2.05, 4.69) is 47.0 Å². The van der Waals surface area contributed by atoms with Crippen molar-refractivity contribution in [2.45, 2.75) is 69.9 Å². The zero-order chi connectivity index (χ0) is 41.1. The Morgan fingerprint density at radius 2 is 1.43 bits per heavy atom. The highest BCUT2D eigenvalue weighted by Crippen LogP contribution is 2.41. The Balaban J connectivity index is 0.673. The van der Waals surface area contributed by atoms with E-state index in [1.54, 1.807) is 12.1 Å². The third kappa shape index (κ3) is 7.61. The molecule has 2 aromatic carbocycles. The summed E-state index contributed by atoms with van der Waals surface area (Å²) in [5.41, 5.74) is 3.32. The molecule has 4 amide bonds. The van der Waals surface area contributed by atoms with Crippen LogP contribution in [0.3, 0.4) is 0 Å². The van der Waals surface area contributed by atoms with Gasteiger partial charge in [0.1, 0.15) is 28.9 Å². The van der Waals surface area contributed by atoms with Gasteiger partial charge in [-0.25, -0.2) is 9.37 Å². The number of nitrogens with zero attached hydrogens (tertiary/aromatic N) is 7. The predicted molar refractivity (Wildman–Crippen MR) is 223 cm³/mol. The number of benzene rings is 2. The molecule has 60 heavy (non-hydrogen) atoms. The number of nitrogens with one attached hydrogen (secondary N) is 2. The van der Waals surface area contributed by atoms with Crippen molar-refractivity contribution in [2.75, 3.05) is 75.2 Å². The molecule has 1 atom stereocenters. The van der Waals surface area contributed by atoms with Crippen LogP contribution in [0.1, 0.15) is 79.0 Å². The van der Waals surface area contributed by atoms with Crippen molar-refractivity contribution in [1.29, 1.82) is 0 Å². The van der Waals surface area contributed by atoms with Crippen LogP contribution in [-0.2, 0) is 9.59 Å². The summed E-state index contributed by atoms with van der Waals surface area (Å²) in [4.78, 5) is 65.9. The first-order chi connectivity index (χ1) is 29.1. The quantitative estimate of drug-likeness (QED) is 0.212. The summed E-state index contributed by atoms with van der Waals surface area (Å²) in [6.45, 7) is 12.1. The molecule has 2 N–H and O–H groups in total. The summed E-state index contributed by atoms with van der Waals surface area (Å²) in [5.74, 6) is 0.481. The molecular weight excluding hydrogens is 766 g/mol. The van der Waals surface area contributed by atoms with Crippen LogP contribution in [0.4, 0.5) is 15.9 Å². The topological polar surface area (TPSA) is 147 Å². The van der Waals surface area contributed by atoms with Crippen LogP contribution >= 0.6 is 0 Å². The number of rotatable bonds is 10. The average Bonchev–Trinajstić information content (AvgIpc) is 3.74. The lowest BCUT2D eigenvalue weighted by Gasteiger charge is -2.41. The van der Waals surface area contributed by atoms with Gasteiger partial charge < -0.3 is 24.3 Å². The number of fused-ring (bicyclic) bond motifs is 2. The fourth-order valence-corrected chi connectivity index (χ4v) is 9.87. The van der Waals surface area contributed by atoms with Crippen molar-refractivity contribution in [2.24, 2.45) is 11.8 Å². The Morgan fingerprint density at radius 1 is 0.767 bits per heavy atom. The molecule has 1 saturated carbocycles. The lowest BCUT2D eigenvalue weighted by molar-refractivity contribution is -0.136. The molecule has 5 fully saturated rings. The maximum Gasteiger partial charge on any atom is 0.262 e. The van der Waals surface area contributed by atoms with Crippen LogP contribution in [0.25, 0.3) is 22.2 Å². The molecule has 1 unspecified atom stereocenters. The number of imide groups is 2. The highest BCUT2D eigenvalue weighted by molar-refractivity contribution is 6.23. The average molecular weight is 818 g/mol. The number of piperazine rings is 1. The molecular formula is C45H52FN9O5. The van der Waals surface area contributed by atoms with Crippen LogP contribution in [0.5, 0.6) is 5.75 Å². The van der Waals surface area contributed by atoms with Crippen molar-refractivity contribution < 1.29 is 28.3 Å². The first-order valence-corrected chi connectivity index (χ1v) is 21.7. The van der Waals surface area contributed by atoms with Gasteiger partial charge in [-0.15, -0.1) is 0 Å². The number of amides is 4. The van der Waals surface area contributed by atoms with E-state index in [9.17, 15) is 19.2 Å². The summed E-state index contributed by atoms with van der Waals surface area (Å²) in [6.07, 6.45) is 7.92. The van der Waals surface area contributed by atoms with E-state index in [1.165, 1.54) is 6.20 Å². The number of hydrogen-bond acceptors (Lipinski definition) is 11. The number of pyridine rings is 1. The summed E-state index contributed by atoms with van der Waals surface area (Å²) in [5, 5.41) is 10.7. The van der Waals surface area contributed by atoms with E-state index in [4.69, 9.17) is 4.74 Å². The Morgan fingerprint density at radius 3 is 2.10 bits per heavy atom. The van der Waals surface area contributed by atoms with Crippen LogP contribution in [-0.4, -0.2) is 131 Å². The zero-order valence-electron chi connectivity index (χ0n) is 34.1. The third-order valence-corrected chi connectivity index (χ3v) is 13.8. The molecule has 7 heterocycles. The second-order valence-electron chi connectivity index (χ2n) is 18.0. The summed E-state index contributed by atoms with van der Waals surface area (Å²) >= 11 is 0. The van der Waals surface area contributed by atoms with Crippen molar-refractivity contribution >= 4 is 46.0 Å². The van der Waals surface area contributed by atoms with Gasteiger partial charge in [-0.2, -0.15) is 5.10 Å². The van der Waals surface area contributed by atoms with Crippen molar-refractivity contribution in [3.8, 4) is 17.0 Å². The van der Waals surface area contributed by atoms with Gasteiger partial charge in [0.2, 0.25) is 11.8 Å². The maximum atomic E-state index is 15.3. The Bertz CT molecular complexity index is 2340. The summed E-state index contributed by atoms with van der Waals surface area (Å²) < 4.78 is 21.5. The second kappa shape index (κ2) is 15.6. The van der Waals surface area contributed by atoms with Gasteiger partial charge in [0.25, 0.3) is 11.8 Å². The molecule has 0 spiro atoms. The van der Waals surface area contributed by atoms with Crippen molar-refractivity contribution in [3.63, 3.8) is 0 Å².